The van der Waals surface area contributed by atoms with E-state index in [2.05, 4.69) is 0 Å². The molecule has 0 amide bonds. The summed E-state index contributed by atoms with van der Waals surface area (Å²) in [4.78, 5) is 9.52. The van der Waals surface area contributed by atoms with Gasteiger partial charge >= 0.3 is 5.97 Å². The predicted octanol–water partition coefficient (Wildman–Crippen LogP) is 1.40. The molecule has 0 aliphatic carbocycles. The molecule has 0 fully saturated rings. The van der Waals surface area contributed by atoms with Gasteiger partial charge in [-0.25, -0.2) is 0 Å². The molecule has 82 valence electrons. The number of nitriles is 1. The number of nitrogens with zero attached hydrogens (tertiary/aromatic N) is 1. The van der Waals surface area contributed by atoms with E-state index in [1.165, 1.54) is 0 Å². The lowest BCUT2D eigenvalue weighted by atomic mass is 10.2. The normalized spacial score (nSPS) is 7.47. The molecule has 1 rings (SSSR count). The van der Waals surface area contributed by atoms with Gasteiger partial charge in [-0.15, -0.1) is 12.4 Å². The van der Waals surface area contributed by atoms with Crippen LogP contribution in [0.3, 0.4) is 0 Å². The molecular weight excluding hydrogens is 216 g/mol. The third-order valence-electron chi connectivity index (χ3n) is 1.26. The van der Waals surface area contributed by atoms with E-state index in [-0.39, 0.29) is 25.4 Å². The molecule has 1 aromatic rings. The van der Waals surface area contributed by atoms with Crippen molar-refractivity contribution < 1.29 is 9.90 Å². The van der Waals surface area contributed by atoms with Crippen molar-refractivity contribution >= 4 is 18.4 Å². The third kappa shape index (κ3) is 10.4. The van der Waals surface area contributed by atoms with Gasteiger partial charge < -0.3 is 10.8 Å². The van der Waals surface area contributed by atoms with E-state index >= 15 is 0 Å². The first-order chi connectivity index (χ1) is 6.70. The second kappa shape index (κ2) is 10.5. The molecule has 0 aliphatic rings. The molecule has 0 saturated carbocycles. The van der Waals surface area contributed by atoms with Gasteiger partial charge in [-0.2, -0.15) is 5.26 Å². The fourth-order valence-corrected chi connectivity index (χ4v) is 0.636. The monoisotopic (exact) mass is 228 g/mol. The first-order valence-corrected chi connectivity index (χ1v) is 4.07. The Labute approximate surface area is 94.7 Å². The van der Waals surface area contributed by atoms with Crippen LogP contribution in [0.25, 0.3) is 0 Å². The van der Waals surface area contributed by atoms with Crippen molar-refractivity contribution in [1.82, 2.24) is 0 Å². The topological polar surface area (TPSA) is 87.1 Å². The predicted molar refractivity (Wildman–Crippen MR) is 59.7 cm³/mol. The highest BCUT2D eigenvalue weighted by Crippen LogP contribution is 1.93. The molecule has 4 nitrogen and oxygen atoms in total. The summed E-state index contributed by atoms with van der Waals surface area (Å²) in [6.07, 6.45) is 0.0694. The van der Waals surface area contributed by atoms with Gasteiger partial charge in [0.25, 0.3) is 0 Å². The van der Waals surface area contributed by atoms with Gasteiger partial charge in [0.05, 0.1) is 18.1 Å². The van der Waals surface area contributed by atoms with E-state index in [1.807, 2.05) is 24.3 Å². The van der Waals surface area contributed by atoms with Crippen molar-refractivity contribution in [3.8, 4) is 6.07 Å². The molecule has 15 heavy (non-hydrogen) atoms. The Morgan fingerprint density at radius 1 is 1.40 bits per heavy atom. The largest absolute Gasteiger partial charge is 0.481 e. The Bertz CT molecular complexity index is 309. The van der Waals surface area contributed by atoms with E-state index in [0.717, 1.165) is 0 Å². The number of benzene rings is 1. The minimum atomic E-state index is -0.836. The summed E-state index contributed by atoms with van der Waals surface area (Å²) in [5.41, 5.74) is 5.56. The van der Waals surface area contributed by atoms with Crippen LogP contribution in [0.5, 0.6) is 0 Å². The molecule has 0 atom stereocenters. The van der Waals surface area contributed by atoms with E-state index in [0.29, 0.717) is 5.56 Å². The zero-order chi connectivity index (χ0) is 10.8. The smallest absolute Gasteiger partial charge is 0.304 e. The molecule has 0 spiro atoms. The molecule has 1 aromatic carbocycles. The highest BCUT2D eigenvalue weighted by molar-refractivity contribution is 5.85. The van der Waals surface area contributed by atoms with E-state index < -0.39 is 5.97 Å². The summed E-state index contributed by atoms with van der Waals surface area (Å²) in [7, 11) is 0. The summed E-state index contributed by atoms with van der Waals surface area (Å²) in [5, 5.41) is 16.1. The van der Waals surface area contributed by atoms with Gasteiger partial charge in [-0.05, 0) is 12.1 Å². The Hall–Kier alpha value is -1.57. The summed E-state index contributed by atoms with van der Waals surface area (Å²) >= 11 is 0. The van der Waals surface area contributed by atoms with Crippen LogP contribution in [-0.4, -0.2) is 17.6 Å². The number of aliphatic carboxylic acids is 1. The number of carboxylic acids is 1. The SMILES string of the molecule is Cl.N#Cc1ccccc1.NCCC(=O)O. The summed E-state index contributed by atoms with van der Waals surface area (Å²) in [6.45, 7) is 0.231. The van der Waals surface area contributed by atoms with Crippen LogP contribution in [0, 0.1) is 11.3 Å². The van der Waals surface area contributed by atoms with Crippen molar-refractivity contribution in [3.63, 3.8) is 0 Å². The van der Waals surface area contributed by atoms with Gasteiger partial charge in [0.1, 0.15) is 0 Å². The Morgan fingerprint density at radius 2 is 1.93 bits per heavy atom. The van der Waals surface area contributed by atoms with Crippen LogP contribution in [0.15, 0.2) is 30.3 Å². The number of nitrogens with two attached hydrogens (primary N) is 1. The quantitative estimate of drug-likeness (QED) is 0.801. The maximum absolute atomic E-state index is 9.52. The number of carbonyl (C=O) groups is 1. The van der Waals surface area contributed by atoms with E-state index in [9.17, 15) is 4.79 Å². The van der Waals surface area contributed by atoms with Crippen molar-refractivity contribution in [1.29, 1.82) is 5.26 Å². The average Bonchev–Trinajstić information content (AvgIpc) is 2.20. The molecule has 0 radical (unpaired) electrons. The standard InChI is InChI=1S/C7H5N.C3H7NO2.ClH/c8-6-7-4-2-1-3-5-7;4-2-1-3(5)6;/h1-5H;1-2,4H2,(H,5,6);1H. The van der Waals surface area contributed by atoms with Gasteiger partial charge in [-0.1, -0.05) is 18.2 Å². The molecule has 3 N–H and O–H groups in total. The lowest BCUT2D eigenvalue weighted by Gasteiger charge is -1.80. The van der Waals surface area contributed by atoms with Crippen LogP contribution >= 0.6 is 12.4 Å². The zero-order valence-corrected chi connectivity index (χ0v) is 8.91. The molecular formula is C10H13ClN2O2. The van der Waals surface area contributed by atoms with Crippen LogP contribution in [-0.2, 0) is 4.79 Å². The number of carboxylic acid groups (broad SMARTS) is 1. The fraction of sp³-hybridized carbons (Fsp3) is 0.200. The van der Waals surface area contributed by atoms with Crippen LogP contribution < -0.4 is 5.73 Å². The summed E-state index contributed by atoms with van der Waals surface area (Å²) in [5.74, 6) is -0.836. The highest BCUT2D eigenvalue weighted by atomic mass is 35.5. The zero-order valence-electron chi connectivity index (χ0n) is 8.09. The van der Waals surface area contributed by atoms with E-state index in [4.69, 9.17) is 16.1 Å². The van der Waals surface area contributed by atoms with Gasteiger partial charge in [-0.3, -0.25) is 4.79 Å². The maximum atomic E-state index is 9.52. The Kier molecular flexibility index (Phi) is 11.1. The molecule has 0 heterocycles. The maximum Gasteiger partial charge on any atom is 0.304 e. The number of halogens is 1. The Balaban J connectivity index is 0. The molecule has 0 aliphatic heterocycles. The lowest BCUT2D eigenvalue weighted by Crippen LogP contribution is -2.05. The molecule has 0 bridgehead atoms. The Morgan fingerprint density at radius 3 is 2.13 bits per heavy atom. The van der Waals surface area contributed by atoms with Crippen molar-refractivity contribution in [2.75, 3.05) is 6.54 Å². The minimum absolute atomic E-state index is 0. The minimum Gasteiger partial charge on any atom is -0.481 e. The number of hydrogen-bond donors (Lipinski definition) is 2. The molecule has 0 aromatic heterocycles. The highest BCUT2D eigenvalue weighted by Gasteiger charge is 1.87. The van der Waals surface area contributed by atoms with Gasteiger partial charge in [0.15, 0.2) is 0 Å². The lowest BCUT2D eigenvalue weighted by molar-refractivity contribution is -0.136. The van der Waals surface area contributed by atoms with Gasteiger partial charge in [0, 0.05) is 6.54 Å². The third-order valence-corrected chi connectivity index (χ3v) is 1.26. The number of hydrogen-bond acceptors (Lipinski definition) is 3. The van der Waals surface area contributed by atoms with E-state index in [1.54, 1.807) is 12.1 Å². The molecule has 0 unspecified atom stereocenters. The first kappa shape index (κ1) is 15.9. The molecule has 0 saturated heterocycles. The summed E-state index contributed by atoms with van der Waals surface area (Å²) in [6, 6.07) is 11.2. The second-order valence-electron chi connectivity index (χ2n) is 2.41. The molecule has 5 heteroatoms. The first-order valence-electron chi connectivity index (χ1n) is 4.07. The van der Waals surface area contributed by atoms with Crippen LogP contribution in [0.2, 0.25) is 0 Å². The van der Waals surface area contributed by atoms with Crippen molar-refractivity contribution in [2.24, 2.45) is 5.73 Å². The second-order valence-corrected chi connectivity index (χ2v) is 2.41. The average molecular weight is 229 g/mol. The summed E-state index contributed by atoms with van der Waals surface area (Å²) < 4.78 is 0. The fourth-order valence-electron chi connectivity index (χ4n) is 0.636. The van der Waals surface area contributed by atoms with Crippen molar-refractivity contribution in [3.05, 3.63) is 35.9 Å². The van der Waals surface area contributed by atoms with Crippen LogP contribution in [0.4, 0.5) is 0 Å². The van der Waals surface area contributed by atoms with Crippen LogP contribution in [0.1, 0.15) is 12.0 Å². The van der Waals surface area contributed by atoms with Crippen molar-refractivity contribution in [2.45, 2.75) is 6.42 Å². The van der Waals surface area contributed by atoms with Gasteiger partial charge in [0.2, 0.25) is 0 Å². The number of rotatable bonds is 2.